The number of aliphatic carboxylic acids is 1. The fourth-order valence-corrected chi connectivity index (χ4v) is 5.84. The van der Waals surface area contributed by atoms with Gasteiger partial charge in [0.05, 0.1) is 5.56 Å². The Kier molecular flexibility index (Phi) is 8.62. The summed E-state index contributed by atoms with van der Waals surface area (Å²) >= 11 is 0. The van der Waals surface area contributed by atoms with Crippen molar-refractivity contribution in [3.05, 3.63) is 71.1 Å². The van der Waals surface area contributed by atoms with Crippen molar-refractivity contribution in [2.45, 2.75) is 45.5 Å². The van der Waals surface area contributed by atoms with E-state index in [2.05, 4.69) is 4.98 Å². The van der Waals surface area contributed by atoms with Crippen LogP contribution in [0.5, 0.6) is 5.75 Å². The first-order chi connectivity index (χ1) is 18.4. The molecule has 3 aromatic rings. The third-order valence-electron chi connectivity index (χ3n) is 6.26. The van der Waals surface area contributed by atoms with Crippen LogP contribution in [0.25, 0.3) is 11.5 Å². The Morgan fingerprint density at radius 3 is 2.46 bits per heavy atom. The molecule has 2 aromatic carbocycles. The summed E-state index contributed by atoms with van der Waals surface area (Å²) in [5.41, 5.74) is 0.587. The number of hydrogen-bond acceptors (Lipinski definition) is 6. The Hall–Kier alpha value is -3.42. The number of rotatable bonds is 10. The SMILES string of the molecule is Cc1oc(-c2ccc(C(F)(F)F)cc2)nc1COc1cccc(CN(CC(=O)O)S(=O)(=O)N2CCCCC2)c1. The summed E-state index contributed by atoms with van der Waals surface area (Å²) < 4.78 is 78.5. The quantitative estimate of drug-likeness (QED) is 0.372. The first kappa shape index (κ1) is 28.6. The molecule has 1 aliphatic rings. The topological polar surface area (TPSA) is 113 Å². The highest BCUT2D eigenvalue weighted by Gasteiger charge is 2.32. The van der Waals surface area contributed by atoms with Crippen molar-refractivity contribution in [3.63, 3.8) is 0 Å². The van der Waals surface area contributed by atoms with Crippen molar-refractivity contribution in [2.75, 3.05) is 19.6 Å². The molecule has 1 saturated heterocycles. The molecule has 0 aliphatic carbocycles. The average molecular weight is 568 g/mol. The first-order valence-electron chi connectivity index (χ1n) is 12.3. The van der Waals surface area contributed by atoms with Crippen molar-refractivity contribution < 1.29 is 40.6 Å². The molecule has 0 radical (unpaired) electrons. The lowest BCUT2D eigenvalue weighted by Crippen LogP contribution is -2.47. The standard InChI is InChI=1S/C26H28F3N3O6S/c1-18-23(30-25(38-18)20-8-10-21(11-9-20)26(27,28)29)17-37-22-7-5-6-19(14-22)15-32(16-24(33)34)39(35,36)31-12-3-2-4-13-31/h5-11,14H,2-4,12-13,15-17H2,1H3,(H,33,34). The molecule has 9 nitrogen and oxygen atoms in total. The van der Waals surface area contributed by atoms with Crippen LogP contribution in [0.1, 0.15) is 41.8 Å². The van der Waals surface area contributed by atoms with E-state index in [1.807, 2.05) is 0 Å². The molecule has 1 aliphatic heterocycles. The predicted molar refractivity (Wildman–Crippen MR) is 135 cm³/mol. The zero-order valence-electron chi connectivity index (χ0n) is 21.1. The number of carbonyl (C=O) groups is 1. The van der Waals surface area contributed by atoms with Crippen molar-refractivity contribution in [1.29, 1.82) is 0 Å². The number of ether oxygens (including phenoxy) is 1. The molecular weight excluding hydrogens is 539 g/mol. The Labute approximate surface area is 224 Å². The summed E-state index contributed by atoms with van der Waals surface area (Å²) in [5.74, 6) is -0.271. The van der Waals surface area contributed by atoms with E-state index in [1.54, 1.807) is 31.2 Å². The number of aromatic nitrogens is 1. The van der Waals surface area contributed by atoms with Gasteiger partial charge in [0.1, 0.15) is 30.4 Å². The summed E-state index contributed by atoms with van der Waals surface area (Å²) in [6.45, 7) is 1.54. The zero-order valence-corrected chi connectivity index (χ0v) is 22.0. The molecule has 1 fully saturated rings. The maximum absolute atomic E-state index is 13.1. The lowest BCUT2D eigenvalue weighted by molar-refractivity contribution is -0.138. The molecule has 0 bridgehead atoms. The van der Waals surface area contributed by atoms with Crippen LogP contribution in [0.3, 0.4) is 0 Å². The Morgan fingerprint density at radius 1 is 1.13 bits per heavy atom. The molecule has 210 valence electrons. The highest BCUT2D eigenvalue weighted by atomic mass is 32.2. The van der Waals surface area contributed by atoms with E-state index in [0.717, 1.165) is 35.7 Å². The number of piperidine rings is 1. The third-order valence-corrected chi connectivity index (χ3v) is 8.19. The minimum absolute atomic E-state index is 0.00959. The van der Waals surface area contributed by atoms with E-state index >= 15 is 0 Å². The number of halogens is 3. The van der Waals surface area contributed by atoms with Crippen LogP contribution in [0, 0.1) is 6.92 Å². The van der Waals surface area contributed by atoms with Crippen LogP contribution in [-0.4, -0.2) is 52.7 Å². The molecule has 2 heterocycles. The summed E-state index contributed by atoms with van der Waals surface area (Å²) in [7, 11) is -3.97. The third kappa shape index (κ3) is 7.16. The Morgan fingerprint density at radius 2 is 1.82 bits per heavy atom. The molecule has 0 amide bonds. The van der Waals surface area contributed by atoms with Gasteiger partial charge < -0.3 is 14.3 Å². The van der Waals surface area contributed by atoms with Gasteiger partial charge in [-0.25, -0.2) is 4.98 Å². The van der Waals surface area contributed by atoms with Crippen LogP contribution in [0.2, 0.25) is 0 Å². The number of alkyl halides is 3. The molecule has 4 rings (SSSR count). The van der Waals surface area contributed by atoms with Gasteiger partial charge in [0, 0.05) is 25.2 Å². The van der Waals surface area contributed by atoms with Gasteiger partial charge >= 0.3 is 12.1 Å². The smallest absolute Gasteiger partial charge is 0.416 e. The maximum Gasteiger partial charge on any atom is 0.416 e. The number of aryl methyl sites for hydroxylation is 1. The highest BCUT2D eigenvalue weighted by Crippen LogP contribution is 2.31. The Bertz CT molecular complexity index is 1400. The fraction of sp³-hybridized carbons (Fsp3) is 0.385. The average Bonchev–Trinajstić information content (AvgIpc) is 3.27. The van der Waals surface area contributed by atoms with Gasteiger partial charge in [0.15, 0.2) is 0 Å². The van der Waals surface area contributed by atoms with E-state index in [9.17, 15) is 31.5 Å². The number of carboxylic acid groups (broad SMARTS) is 1. The molecule has 39 heavy (non-hydrogen) atoms. The number of benzene rings is 2. The first-order valence-corrected chi connectivity index (χ1v) is 13.7. The monoisotopic (exact) mass is 567 g/mol. The Balaban J connectivity index is 1.45. The van der Waals surface area contributed by atoms with Gasteiger partial charge in [-0.15, -0.1) is 0 Å². The van der Waals surface area contributed by atoms with Gasteiger partial charge in [-0.1, -0.05) is 18.6 Å². The second-order valence-electron chi connectivity index (χ2n) is 9.16. The van der Waals surface area contributed by atoms with E-state index in [4.69, 9.17) is 9.15 Å². The molecule has 0 spiro atoms. The van der Waals surface area contributed by atoms with Crippen molar-refractivity contribution in [1.82, 2.24) is 13.6 Å². The highest BCUT2D eigenvalue weighted by molar-refractivity contribution is 7.86. The van der Waals surface area contributed by atoms with E-state index in [-0.39, 0.29) is 19.0 Å². The molecule has 1 aromatic heterocycles. The summed E-state index contributed by atoms with van der Waals surface area (Å²) in [5, 5.41) is 9.33. The lowest BCUT2D eigenvalue weighted by atomic mass is 10.1. The molecule has 13 heteroatoms. The van der Waals surface area contributed by atoms with Crippen LogP contribution in [0.4, 0.5) is 13.2 Å². The molecule has 0 unspecified atom stereocenters. The number of carboxylic acids is 1. The van der Waals surface area contributed by atoms with Crippen LogP contribution < -0.4 is 4.74 Å². The normalized spacial score (nSPS) is 15.0. The summed E-state index contributed by atoms with van der Waals surface area (Å²) in [4.78, 5) is 15.8. The second kappa shape index (κ2) is 11.8. The number of hydrogen-bond donors (Lipinski definition) is 1. The van der Waals surface area contributed by atoms with E-state index in [1.165, 1.54) is 16.4 Å². The van der Waals surface area contributed by atoms with Crippen LogP contribution >= 0.6 is 0 Å². The van der Waals surface area contributed by atoms with E-state index in [0.29, 0.717) is 41.4 Å². The minimum Gasteiger partial charge on any atom is -0.487 e. The van der Waals surface area contributed by atoms with Gasteiger partial charge in [-0.3, -0.25) is 4.79 Å². The lowest BCUT2D eigenvalue weighted by Gasteiger charge is -2.31. The van der Waals surface area contributed by atoms with Gasteiger partial charge in [0.2, 0.25) is 5.89 Å². The molecule has 1 N–H and O–H groups in total. The zero-order chi connectivity index (χ0) is 28.2. The van der Waals surface area contributed by atoms with Crippen molar-refractivity contribution in [2.24, 2.45) is 0 Å². The second-order valence-corrected chi connectivity index (χ2v) is 11.1. The van der Waals surface area contributed by atoms with Crippen molar-refractivity contribution in [3.8, 4) is 17.2 Å². The minimum atomic E-state index is -4.44. The van der Waals surface area contributed by atoms with Gasteiger partial charge in [0.25, 0.3) is 10.2 Å². The summed E-state index contributed by atoms with van der Waals surface area (Å²) in [6, 6.07) is 11.1. The van der Waals surface area contributed by atoms with Crippen LogP contribution in [0.15, 0.2) is 52.9 Å². The molecule has 0 atom stereocenters. The van der Waals surface area contributed by atoms with E-state index < -0.39 is 34.5 Å². The van der Waals surface area contributed by atoms with Crippen LogP contribution in [-0.2, 0) is 34.3 Å². The molecular formula is C26H28F3N3O6S. The number of nitrogens with zero attached hydrogens (tertiary/aromatic N) is 3. The van der Waals surface area contributed by atoms with Crippen molar-refractivity contribution >= 4 is 16.2 Å². The predicted octanol–water partition coefficient (Wildman–Crippen LogP) is 4.87. The largest absolute Gasteiger partial charge is 0.487 e. The van der Waals surface area contributed by atoms with Gasteiger partial charge in [-0.05, 0) is 61.7 Å². The summed E-state index contributed by atoms with van der Waals surface area (Å²) in [6.07, 6.45) is -2.06. The number of oxazole rings is 1. The van der Waals surface area contributed by atoms with Gasteiger partial charge in [-0.2, -0.15) is 30.2 Å². The molecule has 0 saturated carbocycles. The fourth-order valence-electron chi connectivity index (χ4n) is 4.20. The maximum atomic E-state index is 13.1.